The molecule has 0 aliphatic carbocycles. The molecule has 0 atom stereocenters. The molecule has 0 fully saturated rings. The van der Waals surface area contributed by atoms with E-state index >= 15 is 0 Å². The fourth-order valence-electron chi connectivity index (χ4n) is 1.55. The van der Waals surface area contributed by atoms with E-state index in [0.29, 0.717) is 11.4 Å². The third-order valence-electron chi connectivity index (χ3n) is 2.44. The van der Waals surface area contributed by atoms with Crippen LogP contribution in [0.3, 0.4) is 0 Å². The van der Waals surface area contributed by atoms with Gasteiger partial charge in [-0.05, 0) is 42.5 Å². The molecule has 2 rings (SSSR count). The molecule has 0 unspecified atom stereocenters. The van der Waals surface area contributed by atoms with Crippen molar-refractivity contribution in [3.63, 3.8) is 0 Å². The van der Waals surface area contributed by atoms with Gasteiger partial charge in [0.1, 0.15) is 5.82 Å². The molecule has 2 aromatic carbocycles. The Kier molecular flexibility index (Phi) is 3.14. The first kappa shape index (κ1) is 11.9. The van der Waals surface area contributed by atoms with Crippen molar-refractivity contribution in [3.05, 3.63) is 53.8 Å². The van der Waals surface area contributed by atoms with Crippen LogP contribution in [-0.2, 0) is 0 Å². The molecule has 0 aliphatic heterocycles. The van der Waals surface area contributed by atoms with E-state index in [-0.39, 0.29) is 5.56 Å². The van der Waals surface area contributed by atoms with Gasteiger partial charge in [0.2, 0.25) is 0 Å². The Morgan fingerprint density at radius 3 is 2.39 bits per heavy atom. The van der Waals surface area contributed by atoms with Crippen LogP contribution in [-0.4, -0.2) is 5.91 Å². The highest BCUT2D eigenvalue weighted by Gasteiger charge is 2.09. The zero-order valence-corrected chi connectivity index (χ0v) is 9.48. The average molecular weight is 245 g/mol. The van der Waals surface area contributed by atoms with Crippen molar-refractivity contribution in [1.82, 2.24) is 0 Å². The van der Waals surface area contributed by atoms with E-state index in [2.05, 4.69) is 5.32 Å². The SMILES string of the molecule is NC(=O)c1cc(F)ccc1Nc1ccc(N)cc1. The Balaban J connectivity index is 2.34. The fourth-order valence-corrected chi connectivity index (χ4v) is 1.55. The van der Waals surface area contributed by atoms with Gasteiger partial charge in [0, 0.05) is 11.4 Å². The van der Waals surface area contributed by atoms with Crippen molar-refractivity contribution in [2.45, 2.75) is 0 Å². The molecule has 0 heterocycles. The molecular formula is C13H12FN3O. The fraction of sp³-hybridized carbons (Fsp3) is 0. The van der Waals surface area contributed by atoms with Crippen LogP contribution in [0, 0.1) is 5.82 Å². The van der Waals surface area contributed by atoms with Crippen molar-refractivity contribution in [3.8, 4) is 0 Å². The van der Waals surface area contributed by atoms with E-state index in [4.69, 9.17) is 11.5 Å². The molecule has 1 amide bonds. The van der Waals surface area contributed by atoms with Gasteiger partial charge in [0.15, 0.2) is 0 Å². The molecule has 92 valence electrons. The number of benzene rings is 2. The second kappa shape index (κ2) is 4.75. The van der Waals surface area contributed by atoms with Gasteiger partial charge in [0.25, 0.3) is 5.91 Å². The number of rotatable bonds is 3. The van der Waals surface area contributed by atoms with E-state index in [0.717, 1.165) is 11.8 Å². The summed E-state index contributed by atoms with van der Waals surface area (Å²) < 4.78 is 13.0. The van der Waals surface area contributed by atoms with Gasteiger partial charge >= 0.3 is 0 Å². The zero-order chi connectivity index (χ0) is 13.1. The summed E-state index contributed by atoms with van der Waals surface area (Å²) in [4.78, 5) is 11.2. The molecule has 0 aromatic heterocycles. The van der Waals surface area contributed by atoms with Crippen molar-refractivity contribution >= 4 is 23.0 Å². The highest BCUT2D eigenvalue weighted by atomic mass is 19.1. The maximum atomic E-state index is 13.0. The Morgan fingerprint density at radius 1 is 1.11 bits per heavy atom. The highest BCUT2D eigenvalue weighted by Crippen LogP contribution is 2.22. The molecular weight excluding hydrogens is 233 g/mol. The minimum Gasteiger partial charge on any atom is -0.399 e. The smallest absolute Gasteiger partial charge is 0.250 e. The van der Waals surface area contributed by atoms with Gasteiger partial charge < -0.3 is 16.8 Å². The van der Waals surface area contributed by atoms with Gasteiger partial charge in [-0.1, -0.05) is 0 Å². The molecule has 0 spiro atoms. The number of hydrogen-bond acceptors (Lipinski definition) is 3. The molecule has 4 nitrogen and oxygen atoms in total. The van der Waals surface area contributed by atoms with Crippen molar-refractivity contribution in [2.24, 2.45) is 5.73 Å². The summed E-state index contributed by atoms with van der Waals surface area (Å²) in [7, 11) is 0. The van der Waals surface area contributed by atoms with Crippen LogP contribution in [0.5, 0.6) is 0 Å². The first-order valence-electron chi connectivity index (χ1n) is 5.28. The van der Waals surface area contributed by atoms with Crippen LogP contribution >= 0.6 is 0 Å². The summed E-state index contributed by atoms with van der Waals surface area (Å²) in [5, 5.41) is 2.99. The Hall–Kier alpha value is -2.56. The van der Waals surface area contributed by atoms with Crippen LogP contribution in [0.15, 0.2) is 42.5 Å². The molecule has 0 saturated carbocycles. The Bertz CT molecular complexity index is 581. The van der Waals surface area contributed by atoms with Crippen molar-refractivity contribution < 1.29 is 9.18 Å². The molecule has 0 aliphatic rings. The van der Waals surface area contributed by atoms with Gasteiger partial charge in [0.05, 0.1) is 11.3 Å². The lowest BCUT2D eigenvalue weighted by molar-refractivity contribution is 0.100. The minimum absolute atomic E-state index is 0.104. The number of hydrogen-bond donors (Lipinski definition) is 3. The maximum absolute atomic E-state index is 13.0. The molecule has 5 heteroatoms. The molecule has 2 aromatic rings. The molecule has 5 N–H and O–H groups in total. The number of nitrogen functional groups attached to an aromatic ring is 1. The number of nitrogens with one attached hydrogen (secondary N) is 1. The average Bonchev–Trinajstić information content (AvgIpc) is 2.34. The van der Waals surface area contributed by atoms with Crippen molar-refractivity contribution in [2.75, 3.05) is 11.1 Å². The summed E-state index contributed by atoms with van der Waals surface area (Å²) in [5.41, 5.74) is 12.7. The number of halogens is 1. The number of primary amides is 1. The second-order valence-electron chi connectivity index (χ2n) is 3.80. The van der Waals surface area contributed by atoms with Crippen LogP contribution in [0.25, 0.3) is 0 Å². The number of carbonyl (C=O) groups is 1. The van der Waals surface area contributed by atoms with Crippen LogP contribution in [0.4, 0.5) is 21.5 Å². The minimum atomic E-state index is -0.688. The number of carbonyl (C=O) groups excluding carboxylic acids is 1. The predicted molar refractivity (Wildman–Crippen MR) is 69.1 cm³/mol. The summed E-state index contributed by atoms with van der Waals surface area (Å²) in [6.45, 7) is 0. The number of amides is 1. The summed E-state index contributed by atoms with van der Waals surface area (Å²) in [6, 6.07) is 10.8. The first-order chi connectivity index (χ1) is 8.56. The summed E-state index contributed by atoms with van der Waals surface area (Å²) in [6.07, 6.45) is 0. The number of anilines is 3. The monoisotopic (exact) mass is 245 g/mol. The Morgan fingerprint density at radius 2 is 1.78 bits per heavy atom. The van der Waals surface area contributed by atoms with Gasteiger partial charge in [-0.15, -0.1) is 0 Å². The quantitative estimate of drug-likeness (QED) is 0.725. The standard InChI is InChI=1S/C13H12FN3O/c14-8-1-6-12(11(7-8)13(16)18)17-10-4-2-9(15)3-5-10/h1-7,17H,15H2,(H2,16,18). The summed E-state index contributed by atoms with van der Waals surface area (Å²) >= 11 is 0. The summed E-state index contributed by atoms with van der Waals surface area (Å²) in [5.74, 6) is -1.20. The first-order valence-corrected chi connectivity index (χ1v) is 5.28. The van der Waals surface area contributed by atoms with E-state index in [1.807, 2.05) is 0 Å². The van der Waals surface area contributed by atoms with Crippen LogP contribution in [0.1, 0.15) is 10.4 Å². The topological polar surface area (TPSA) is 81.1 Å². The maximum Gasteiger partial charge on any atom is 0.250 e. The lowest BCUT2D eigenvalue weighted by Gasteiger charge is -2.10. The van der Waals surface area contributed by atoms with E-state index in [1.165, 1.54) is 12.1 Å². The lowest BCUT2D eigenvalue weighted by atomic mass is 10.1. The Labute approximate surface area is 103 Å². The molecule has 0 radical (unpaired) electrons. The molecule has 18 heavy (non-hydrogen) atoms. The predicted octanol–water partition coefficient (Wildman–Crippen LogP) is 2.25. The zero-order valence-electron chi connectivity index (χ0n) is 9.48. The third-order valence-corrected chi connectivity index (χ3v) is 2.44. The van der Waals surface area contributed by atoms with E-state index in [9.17, 15) is 9.18 Å². The molecule has 0 saturated heterocycles. The van der Waals surface area contributed by atoms with E-state index < -0.39 is 11.7 Å². The normalized spacial score (nSPS) is 10.1. The van der Waals surface area contributed by atoms with E-state index in [1.54, 1.807) is 24.3 Å². The number of nitrogens with two attached hydrogens (primary N) is 2. The van der Waals surface area contributed by atoms with Crippen LogP contribution < -0.4 is 16.8 Å². The highest BCUT2D eigenvalue weighted by molar-refractivity contribution is 5.99. The largest absolute Gasteiger partial charge is 0.399 e. The van der Waals surface area contributed by atoms with Crippen molar-refractivity contribution in [1.29, 1.82) is 0 Å². The molecule has 0 bridgehead atoms. The van der Waals surface area contributed by atoms with Gasteiger partial charge in [-0.3, -0.25) is 4.79 Å². The third kappa shape index (κ3) is 2.57. The van der Waals surface area contributed by atoms with Crippen LogP contribution in [0.2, 0.25) is 0 Å². The van der Waals surface area contributed by atoms with Gasteiger partial charge in [-0.2, -0.15) is 0 Å². The second-order valence-corrected chi connectivity index (χ2v) is 3.80. The van der Waals surface area contributed by atoms with Gasteiger partial charge in [-0.25, -0.2) is 4.39 Å². The lowest BCUT2D eigenvalue weighted by Crippen LogP contribution is -2.13.